The van der Waals surface area contributed by atoms with Crippen molar-refractivity contribution in [3.05, 3.63) is 35.9 Å². The Labute approximate surface area is 166 Å². The topological polar surface area (TPSA) is 77.8 Å². The van der Waals surface area contributed by atoms with Gasteiger partial charge >= 0.3 is 7.82 Å². The van der Waals surface area contributed by atoms with Gasteiger partial charge in [0.05, 0.1) is 20.6 Å². The molecule has 0 aliphatic carbocycles. The van der Waals surface area contributed by atoms with E-state index in [9.17, 15) is 0 Å². The van der Waals surface area contributed by atoms with Crippen molar-refractivity contribution >= 4 is 7.82 Å². The van der Waals surface area contributed by atoms with E-state index in [2.05, 4.69) is 51.4 Å². The molecule has 1 rings (SSSR count). The zero-order chi connectivity index (χ0) is 20.6. The molecule has 0 aliphatic heterocycles. The summed E-state index contributed by atoms with van der Waals surface area (Å²) in [5, 5.41) is 0. The Kier molecular flexibility index (Phi) is 14.8. The Hall–Kier alpha value is -0.710. The second-order valence-electron chi connectivity index (χ2n) is 8.00. The molecule has 0 heterocycles. The smallest absolute Gasteiger partial charge is 0.325 e. The molecule has 0 bridgehead atoms. The van der Waals surface area contributed by atoms with Crippen LogP contribution in [0.25, 0.3) is 0 Å². The van der Waals surface area contributed by atoms with Crippen LogP contribution in [0.2, 0.25) is 0 Å². The summed E-state index contributed by atoms with van der Waals surface area (Å²) in [6, 6.07) is 10.9. The van der Waals surface area contributed by atoms with E-state index in [1.54, 1.807) is 0 Å². The number of benzene rings is 1. The molecule has 1 aromatic carbocycles. The number of nitrogens with zero attached hydrogens (tertiary/aromatic N) is 1. The Morgan fingerprint density at radius 1 is 0.778 bits per heavy atom. The van der Waals surface area contributed by atoms with E-state index in [0.29, 0.717) is 0 Å². The maximum absolute atomic E-state index is 8.88. The minimum absolute atomic E-state index is 1.11. The van der Waals surface area contributed by atoms with Crippen LogP contribution in [-0.2, 0) is 11.1 Å². The van der Waals surface area contributed by atoms with Gasteiger partial charge in [0.15, 0.2) is 0 Å². The standard InChI is InChI=1S/C21H38N.H3O4P/c1-4-5-6-7-8-9-10-11-12-16-19-22(2,3)20-21-17-14-13-15-18-21;1-5(2,3)4/h13-15,17-18H,4-12,16,19-20H2,1-3H3;(H3,1,2,3,4)/q+1;. The maximum atomic E-state index is 8.88. The number of hydrogen-bond acceptors (Lipinski definition) is 1. The van der Waals surface area contributed by atoms with Gasteiger partial charge in [-0.25, -0.2) is 4.57 Å². The molecule has 0 saturated carbocycles. The molecule has 0 unspecified atom stereocenters. The van der Waals surface area contributed by atoms with Gasteiger partial charge in [0.25, 0.3) is 0 Å². The van der Waals surface area contributed by atoms with Crippen molar-refractivity contribution in [2.45, 2.75) is 77.7 Å². The van der Waals surface area contributed by atoms with Crippen LogP contribution in [0.15, 0.2) is 30.3 Å². The van der Waals surface area contributed by atoms with E-state index < -0.39 is 7.82 Å². The summed E-state index contributed by atoms with van der Waals surface area (Å²) < 4.78 is 9.99. The highest BCUT2D eigenvalue weighted by molar-refractivity contribution is 7.45. The van der Waals surface area contributed by atoms with Crippen LogP contribution < -0.4 is 0 Å². The van der Waals surface area contributed by atoms with Crippen molar-refractivity contribution < 1.29 is 23.7 Å². The third kappa shape index (κ3) is 21.4. The first-order chi connectivity index (χ1) is 12.6. The molecular formula is C21H41NO4P+. The Bertz CT molecular complexity index is 494. The summed E-state index contributed by atoms with van der Waals surface area (Å²) >= 11 is 0. The lowest BCUT2D eigenvalue weighted by Crippen LogP contribution is -2.39. The Morgan fingerprint density at radius 3 is 1.63 bits per heavy atom. The number of unbranched alkanes of at least 4 members (excludes halogenated alkanes) is 9. The maximum Gasteiger partial charge on any atom is 0.466 e. The monoisotopic (exact) mass is 402 g/mol. The highest BCUT2D eigenvalue weighted by Gasteiger charge is 2.14. The van der Waals surface area contributed by atoms with E-state index in [1.165, 1.54) is 76.3 Å². The predicted octanol–water partition coefficient (Wildman–Crippen LogP) is 5.26. The Morgan fingerprint density at radius 2 is 1.19 bits per heavy atom. The van der Waals surface area contributed by atoms with Crippen molar-refractivity contribution in [2.24, 2.45) is 0 Å². The average molecular weight is 403 g/mol. The normalized spacial score (nSPS) is 11.8. The second kappa shape index (κ2) is 15.2. The zero-order valence-corrected chi connectivity index (χ0v) is 18.4. The third-order valence-corrected chi connectivity index (χ3v) is 4.57. The molecule has 0 atom stereocenters. The molecule has 0 radical (unpaired) electrons. The van der Waals surface area contributed by atoms with E-state index in [4.69, 9.17) is 19.2 Å². The lowest BCUT2D eigenvalue weighted by atomic mass is 10.1. The quantitative estimate of drug-likeness (QED) is 0.239. The Balaban J connectivity index is 0.00000119. The summed E-state index contributed by atoms with van der Waals surface area (Å²) in [6.45, 7) is 4.74. The molecule has 0 fully saturated rings. The SMILES string of the molecule is CCCCCCCCCCCC[N+](C)(C)Cc1ccccc1.O=P(O)(O)O. The van der Waals surface area contributed by atoms with Crippen LogP contribution in [0.4, 0.5) is 0 Å². The van der Waals surface area contributed by atoms with Gasteiger partial charge in [-0.1, -0.05) is 88.6 Å². The third-order valence-electron chi connectivity index (χ3n) is 4.57. The first-order valence-corrected chi connectivity index (χ1v) is 11.8. The number of quaternary nitrogens is 1. The van der Waals surface area contributed by atoms with E-state index >= 15 is 0 Å². The van der Waals surface area contributed by atoms with Crippen LogP contribution in [0.5, 0.6) is 0 Å². The fourth-order valence-corrected chi connectivity index (χ4v) is 3.18. The summed E-state index contributed by atoms with van der Waals surface area (Å²) in [4.78, 5) is 21.6. The molecular weight excluding hydrogens is 361 g/mol. The highest BCUT2D eigenvalue weighted by atomic mass is 31.2. The van der Waals surface area contributed by atoms with Gasteiger partial charge in [-0.2, -0.15) is 0 Å². The molecule has 0 amide bonds. The zero-order valence-electron chi connectivity index (χ0n) is 17.5. The first kappa shape index (κ1) is 26.3. The van der Waals surface area contributed by atoms with Gasteiger partial charge in [0.1, 0.15) is 6.54 Å². The summed E-state index contributed by atoms with van der Waals surface area (Å²) in [7, 11) is 0.0848. The fraction of sp³-hybridized carbons (Fsp3) is 0.714. The number of rotatable bonds is 13. The highest BCUT2D eigenvalue weighted by Crippen LogP contribution is 2.25. The minimum Gasteiger partial charge on any atom is -0.325 e. The van der Waals surface area contributed by atoms with Gasteiger partial charge in [0, 0.05) is 5.56 Å². The van der Waals surface area contributed by atoms with E-state index in [-0.39, 0.29) is 0 Å². The average Bonchev–Trinajstić information content (AvgIpc) is 2.55. The lowest BCUT2D eigenvalue weighted by Gasteiger charge is -2.30. The molecule has 158 valence electrons. The predicted molar refractivity (Wildman–Crippen MR) is 113 cm³/mol. The molecule has 0 spiro atoms. The summed E-state index contributed by atoms with van der Waals surface area (Å²) in [5.74, 6) is 0. The first-order valence-electron chi connectivity index (χ1n) is 10.3. The fourth-order valence-electron chi connectivity index (χ4n) is 3.18. The summed E-state index contributed by atoms with van der Waals surface area (Å²) in [5.41, 5.74) is 1.46. The van der Waals surface area contributed by atoms with E-state index in [1.807, 2.05) is 0 Å². The molecule has 6 heteroatoms. The van der Waals surface area contributed by atoms with Crippen molar-refractivity contribution in [1.29, 1.82) is 0 Å². The van der Waals surface area contributed by atoms with Crippen molar-refractivity contribution in [3.8, 4) is 0 Å². The van der Waals surface area contributed by atoms with Crippen molar-refractivity contribution in [1.82, 2.24) is 0 Å². The minimum atomic E-state index is -4.64. The van der Waals surface area contributed by atoms with Gasteiger partial charge in [-0.15, -0.1) is 0 Å². The number of phosphoric acid groups is 1. The second-order valence-corrected chi connectivity index (χ2v) is 9.02. The molecule has 5 nitrogen and oxygen atoms in total. The molecule has 1 aromatic rings. The van der Waals surface area contributed by atoms with Crippen LogP contribution in [0.1, 0.15) is 76.7 Å². The molecule has 27 heavy (non-hydrogen) atoms. The van der Waals surface area contributed by atoms with Crippen molar-refractivity contribution in [2.75, 3.05) is 20.6 Å². The molecule has 0 aromatic heterocycles. The lowest BCUT2D eigenvalue weighted by molar-refractivity contribution is -0.903. The number of hydrogen-bond donors (Lipinski definition) is 3. The van der Waals surface area contributed by atoms with Gasteiger partial charge in [0.2, 0.25) is 0 Å². The van der Waals surface area contributed by atoms with Crippen LogP contribution >= 0.6 is 7.82 Å². The van der Waals surface area contributed by atoms with Crippen LogP contribution in [-0.4, -0.2) is 39.8 Å². The summed E-state index contributed by atoms with van der Waals surface area (Å²) in [6.07, 6.45) is 14.2. The van der Waals surface area contributed by atoms with Crippen LogP contribution in [0.3, 0.4) is 0 Å². The van der Waals surface area contributed by atoms with Crippen molar-refractivity contribution in [3.63, 3.8) is 0 Å². The van der Waals surface area contributed by atoms with E-state index in [0.717, 1.165) is 11.0 Å². The molecule has 0 aliphatic rings. The largest absolute Gasteiger partial charge is 0.466 e. The van der Waals surface area contributed by atoms with Gasteiger partial charge < -0.3 is 19.2 Å². The van der Waals surface area contributed by atoms with Gasteiger partial charge in [-0.05, 0) is 12.8 Å². The van der Waals surface area contributed by atoms with Gasteiger partial charge in [-0.3, -0.25) is 0 Å². The molecule has 0 saturated heterocycles. The van der Waals surface area contributed by atoms with Crippen LogP contribution in [0, 0.1) is 0 Å². The molecule has 3 N–H and O–H groups in total.